The Labute approximate surface area is 185 Å². The van der Waals surface area contributed by atoms with Crippen molar-refractivity contribution >= 4 is 28.4 Å². The van der Waals surface area contributed by atoms with E-state index < -0.39 is 0 Å². The largest absolute Gasteiger partial charge is 0.376 e. The van der Waals surface area contributed by atoms with E-state index in [2.05, 4.69) is 12.1 Å². The highest BCUT2D eigenvalue weighted by Crippen LogP contribution is 2.28. The molecule has 31 heavy (non-hydrogen) atoms. The first kappa shape index (κ1) is 20.5. The molecule has 5 nitrogen and oxygen atoms in total. The monoisotopic (exact) mass is 434 g/mol. The van der Waals surface area contributed by atoms with E-state index in [0.717, 1.165) is 44.3 Å². The quantitative estimate of drug-likeness (QED) is 0.326. The van der Waals surface area contributed by atoms with E-state index in [1.165, 1.54) is 22.9 Å². The van der Waals surface area contributed by atoms with Crippen LogP contribution in [0.4, 0.5) is 0 Å². The fourth-order valence-corrected chi connectivity index (χ4v) is 5.56. The van der Waals surface area contributed by atoms with Gasteiger partial charge in [0.15, 0.2) is 10.9 Å². The summed E-state index contributed by atoms with van der Waals surface area (Å²) in [5, 5.41) is 0.840. The van der Waals surface area contributed by atoms with E-state index in [-0.39, 0.29) is 22.7 Å². The lowest BCUT2D eigenvalue weighted by atomic mass is 10.0. The van der Waals surface area contributed by atoms with Crippen molar-refractivity contribution in [3.05, 3.63) is 69.5 Å². The molecular weight excluding hydrogens is 408 g/mol. The molecule has 5 rings (SSSR count). The summed E-state index contributed by atoms with van der Waals surface area (Å²) >= 11 is 1.37. The number of aromatic nitrogens is 2. The normalized spacial score (nSPS) is 18.9. The van der Waals surface area contributed by atoms with Crippen LogP contribution in [-0.2, 0) is 24.1 Å². The molecule has 3 aromatic rings. The highest BCUT2D eigenvalue weighted by atomic mass is 32.2. The van der Waals surface area contributed by atoms with Crippen LogP contribution in [0, 0.1) is 0 Å². The minimum atomic E-state index is -0.344. The Kier molecular flexibility index (Phi) is 5.67. The van der Waals surface area contributed by atoms with Crippen molar-refractivity contribution in [1.29, 1.82) is 0 Å². The average Bonchev–Trinajstić information content (AvgIpc) is 3.47. The third kappa shape index (κ3) is 4.06. The zero-order valence-electron chi connectivity index (χ0n) is 17.7. The van der Waals surface area contributed by atoms with E-state index in [0.29, 0.717) is 22.6 Å². The molecule has 0 amide bonds. The lowest BCUT2D eigenvalue weighted by Gasteiger charge is -2.18. The first-order valence-corrected chi connectivity index (χ1v) is 11.9. The van der Waals surface area contributed by atoms with Gasteiger partial charge in [0.25, 0.3) is 5.56 Å². The lowest BCUT2D eigenvalue weighted by molar-refractivity contribution is 0.0937. The summed E-state index contributed by atoms with van der Waals surface area (Å²) < 4.78 is 7.48. The number of ether oxygens (including phenoxy) is 1. The van der Waals surface area contributed by atoms with Gasteiger partial charge in [-0.25, -0.2) is 4.98 Å². The average molecular weight is 435 g/mol. The van der Waals surface area contributed by atoms with Gasteiger partial charge < -0.3 is 4.74 Å². The maximum Gasteiger partial charge on any atom is 0.262 e. The molecular formula is C25H26N2O3S. The molecule has 1 aliphatic heterocycles. The number of para-hydroxylation sites is 1. The molecule has 0 bridgehead atoms. The van der Waals surface area contributed by atoms with Crippen molar-refractivity contribution in [1.82, 2.24) is 9.55 Å². The first-order valence-electron chi connectivity index (χ1n) is 11.0. The number of carbonyl (C=O) groups excluding carboxylic acids is 1. The van der Waals surface area contributed by atoms with Gasteiger partial charge in [-0.2, -0.15) is 0 Å². The van der Waals surface area contributed by atoms with Gasteiger partial charge >= 0.3 is 0 Å². The Bertz CT molecular complexity index is 1200. The molecule has 0 N–H and O–H groups in total. The summed E-state index contributed by atoms with van der Waals surface area (Å²) in [6, 6.07) is 13.5. The number of hydrogen-bond donors (Lipinski definition) is 0. The minimum Gasteiger partial charge on any atom is -0.376 e. The second-order valence-corrected chi connectivity index (χ2v) is 9.73. The number of carbonyl (C=O) groups is 1. The van der Waals surface area contributed by atoms with Crippen LogP contribution in [0.1, 0.15) is 47.7 Å². The molecule has 2 unspecified atom stereocenters. The standard InChI is InChI=1S/C25H26N2O3S/c1-16(23(28)19-12-11-17-6-4-7-18(17)14-19)31-25-26-22-10-3-2-9-21(22)24(29)27(25)15-20-8-5-13-30-20/h2-3,9-12,14,16,20H,4-8,13,15H2,1H3. The number of aryl methyl sites for hydroxylation is 2. The Hall–Kier alpha value is -2.44. The van der Waals surface area contributed by atoms with Crippen molar-refractivity contribution in [3.63, 3.8) is 0 Å². The molecule has 1 saturated heterocycles. The first-order chi connectivity index (χ1) is 15.1. The number of benzene rings is 2. The summed E-state index contributed by atoms with van der Waals surface area (Å²) in [6.07, 6.45) is 5.27. The summed E-state index contributed by atoms with van der Waals surface area (Å²) in [7, 11) is 0. The van der Waals surface area contributed by atoms with Crippen LogP contribution < -0.4 is 5.56 Å². The molecule has 2 aromatic carbocycles. The van der Waals surface area contributed by atoms with Crippen molar-refractivity contribution < 1.29 is 9.53 Å². The molecule has 6 heteroatoms. The Morgan fingerprint density at radius 1 is 1.19 bits per heavy atom. The lowest BCUT2D eigenvalue weighted by Crippen LogP contribution is -2.29. The smallest absolute Gasteiger partial charge is 0.262 e. The number of fused-ring (bicyclic) bond motifs is 2. The zero-order valence-corrected chi connectivity index (χ0v) is 18.5. The van der Waals surface area contributed by atoms with Crippen LogP contribution in [0.2, 0.25) is 0 Å². The SMILES string of the molecule is CC(Sc1nc2ccccc2c(=O)n1CC1CCCO1)C(=O)c1ccc2c(c1)CCC2. The van der Waals surface area contributed by atoms with E-state index in [1.54, 1.807) is 4.57 Å². The highest BCUT2D eigenvalue weighted by Gasteiger charge is 2.24. The van der Waals surface area contributed by atoms with Crippen molar-refractivity contribution in [2.24, 2.45) is 0 Å². The summed E-state index contributed by atoms with van der Waals surface area (Å²) in [6.45, 7) is 3.10. The molecule has 160 valence electrons. The van der Waals surface area contributed by atoms with Crippen molar-refractivity contribution in [3.8, 4) is 0 Å². The number of Topliss-reactive ketones (excluding diaryl/α,β-unsaturated/α-hetero) is 1. The topological polar surface area (TPSA) is 61.2 Å². The Morgan fingerprint density at radius 3 is 2.87 bits per heavy atom. The number of nitrogens with zero attached hydrogens (tertiary/aromatic N) is 2. The second-order valence-electron chi connectivity index (χ2n) is 8.42. The van der Waals surface area contributed by atoms with Gasteiger partial charge in [-0.15, -0.1) is 0 Å². The molecule has 0 radical (unpaired) electrons. The molecule has 2 atom stereocenters. The number of rotatable bonds is 6. The van der Waals surface area contributed by atoms with Crippen LogP contribution in [0.15, 0.2) is 52.4 Å². The van der Waals surface area contributed by atoms with Crippen LogP contribution >= 0.6 is 11.8 Å². The molecule has 0 spiro atoms. The molecule has 1 aliphatic carbocycles. The van der Waals surface area contributed by atoms with Crippen LogP contribution in [-0.4, -0.2) is 33.3 Å². The summed E-state index contributed by atoms with van der Waals surface area (Å²) in [4.78, 5) is 31.2. The number of hydrogen-bond acceptors (Lipinski definition) is 5. The van der Waals surface area contributed by atoms with E-state index in [1.807, 2.05) is 37.3 Å². The Balaban J connectivity index is 1.46. The predicted octanol–water partition coefficient (Wildman–Crippen LogP) is 4.43. The third-order valence-corrected chi connectivity index (χ3v) is 7.36. The molecule has 1 fully saturated rings. The van der Waals surface area contributed by atoms with Gasteiger partial charge in [-0.1, -0.05) is 36.0 Å². The fraction of sp³-hybridized carbons (Fsp3) is 0.400. The maximum absolute atomic E-state index is 13.3. The van der Waals surface area contributed by atoms with E-state index >= 15 is 0 Å². The minimum absolute atomic E-state index is 0.0164. The van der Waals surface area contributed by atoms with Crippen LogP contribution in [0.5, 0.6) is 0 Å². The van der Waals surface area contributed by atoms with Crippen LogP contribution in [0.25, 0.3) is 10.9 Å². The van der Waals surface area contributed by atoms with E-state index in [4.69, 9.17) is 9.72 Å². The van der Waals surface area contributed by atoms with Gasteiger partial charge in [0, 0.05) is 12.2 Å². The van der Waals surface area contributed by atoms with E-state index in [9.17, 15) is 9.59 Å². The van der Waals surface area contributed by atoms with Gasteiger partial charge in [0.1, 0.15) is 0 Å². The Morgan fingerprint density at radius 2 is 2.03 bits per heavy atom. The third-order valence-electron chi connectivity index (χ3n) is 6.27. The molecule has 0 saturated carbocycles. The zero-order chi connectivity index (χ0) is 21.4. The van der Waals surface area contributed by atoms with Gasteiger partial charge in [0.05, 0.1) is 28.8 Å². The predicted molar refractivity (Wildman–Crippen MR) is 123 cm³/mol. The maximum atomic E-state index is 13.3. The summed E-state index contributed by atoms with van der Waals surface area (Å²) in [5.74, 6) is 0.0748. The van der Waals surface area contributed by atoms with Gasteiger partial charge in [0.2, 0.25) is 0 Å². The van der Waals surface area contributed by atoms with Gasteiger partial charge in [-0.05, 0) is 68.4 Å². The highest BCUT2D eigenvalue weighted by molar-refractivity contribution is 8.00. The number of ketones is 1. The second kappa shape index (κ2) is 8.60. The van der Waals surface area contributed by atoms with Crippen molar-refractivity contribution in [2.75, 3.05) is 6.61 Å². The number of thioether (sulfide) groups is 1. The fourth-order valence-electron chi connectivity index (χ4n) is 4.56. The molecule has 2 aliphatic rings. The molecule has 2 heterocycles. The molecule has 1 aromatic heterocycles. The van der Waals surface area contributed by atoms with Crippen LogP contribution in [0.3, 0.4) is 0 Å². The van der Waals surface area contributed by atoms with Gasteiger partial charge in [-0.3, -0.25) is 14.2 Å². The van der Waals surface area contributed by atoms with Crippen molar-refractivity contribution in [2.45, 2.75) is 62.1 Å². The summed E-state index contributed by atoms with van der Waals surface area (Å²) in [5.41, 5.74) is 3.99.